The van der Waals surface area contributed by atoms with E-state index in [4.69, 9.17) is 9.72 Å². The van der Waals surface area contributed by atoms with Crippen molar-refractivity contribution in [2.24, 2.45) is 0 Å². The maximum atomic E-state index is 11.1. The number of benzene rings is 1. The van der Waals surface area contributed by atoms with E-state index in [9.17, 15) is 4.79 Å². The summed E-state index contributed by atoms with van der Waals surface area (Å²) in [5.74, 6) is 0.846. The van der Waals surface area contributed by atoms with E-state index in [0.29, 0.717) is 0 Å². The summed E-state index contributed by atoms with van der Waals surface area (Å²) in [6, 6.07) is 11.9. The zero-order valence-corrected chi connectivity index (χ0v) is 11.5. The highest BCUT2D eigenvalue weighted by molar-refractivity contribution is 5.66. The molecule has 3 heteroatoms. The van der Waals surface area contributed by atoms with Gasteiger partial charge in [0.25, 0.3) is 0 Å². The summed E-state index contributed by atoms with van der Waals surface area (Å²) in [7, 11) is 1.66. The second kappa shape index (κ2) is 5.45. The summed E-state index contributed by atoms with van der Waals surface area (Å²) in [5, 5.41) is 0. The van der Waals surface area contributed by atoms with Gasteiger partial charge in [0, 0.05) is 17.2 Å². The van der Waals surface area contributed by atoms with Crippen LogP contribution in [0.1, 0.15) is 30.0 Å². The number of carbonyl (C=O) groups is 1. The van der Waals surface area contributed by atoms with Crippen LogP contribution in [0.4, 0.5) is 0 Å². The van der Waals surface area contributed by atoms with Crippen molar-refractivity contribution in [1.82, 2.24) is 4.98 Å². The van der Waals surface area contributed by atoms with Gasteiger partial charge in [0.05, 0.1) is 12.8 Å². The highest BCUT2D eigenvalue weighted by atomic mass is 16.5. The van der Waals surface area contributed by atoms with Crippen LogP contribution in [0.2, 0.25) is 0 Å². The fraction of sp³-hybridized carbons (Fsp3) is 0.294. The van der Waals surface area contributed by atoms with Crippen molar-refractivity contribution in [3.05, 3.63) is 47.7 Å². The van der Waals surface area contributed by atoms with Gasteiger partial charge < -0.3 is 9.53 Å². The number of pyridine rings is 1. The van der Waals surface area contributed by atoms with Crippen molar-refractivity contribution in [2.75, 3.05) is 7.11 Å². The first kappa shape index (κ1) is 12.9. The molecule has 2 aromatic rings. The first-order valence-corrected chi connectivity index (χ1v) is 6.91. The second-order valence-corrected chi connectivity index (χ2v) is 5.10. The predicted molar refractivity (Wildman–Crippen MR) is 78.0 cm³/mol. The van der Waals surface area contributed by atoms with E-state index in [2.05, 4.69) is 6.07 Å². The highest BCUT2D eigenvalue weighted by Crippen LogP contribution is 2.31. The Morgan fingerprint density at radius 1 is 1.30 bits per heavy atom. The molecule has 0 spiro atoms. The Bertz CT molecular complexity index is 637. The van der Waals surface area contributed by atoms with Gasteiger partial charge in [0.1, 0.15) is 12.0 Å². The molecule has 0 radical (unpaired) electrons. The van der Waals surface area contributed by atoms with Crippen LogP contribution in [0.15, 0.2) is 36.4 Å². The standard InChI is InChI=1S/C17H17NO2/c1-20-14-6-2-4-12(10-14)16-9-8-15-13(11-19)5-3-7-17(15)18-16/h2,4,6,8-11,13H,3,5,7H2,1H3. The summed E-state index contributed by atoms with van der Waals surface area (Å²) >= 11 is 0. The molecule has 20 heavy (non-hydrogen) atoms. The van der Waals surface area contributed by atoms with Crippen molar-refractivity contribution in [1.29, 1.82) is 0 Å². The molecular weight excluding hydrogens is 250 g/mol. The summed E-state index contributed by atoms with van der Waals surface area (Å²) in [6.45, 7) is 0. The molecule has 3 nitrogen and oxygen atoms in total. The third-order valence-electron chi connectivity index (χ3n) is 3.87. The SMILES string of the molecule is COc1cccc(-c2ccc3c(n2)CCCC3C=O)c1. The quantitative estimate of drug-likeness (QED) is 0.800. The minimum Gasteiger partial charge on any atom is -0.497 e. The lowest BCUT2D eigenvalue weighted by molar-refractivity contribution is -0.109. The van der Waals surface area contributed by atoms with Crippen LogP contribution < -0.4 is 4.74 Å². The molecule has 1 aromatic carbocycles. The Labute approximate surface area is 118 Å². The molecule has 1 atom stereocenters. The summed E-state index contributed by atoms with van der Waals surface area (Å²) in [5.41, 5.74) is 4.14. The van der Waals surface area contributed by atoms with Gasteiger partial charge in [-0.15, -0.1) is 0 Å². The summed E-state index contributed by atoms with van der Waals surface area (Å²) in [6.07, 6.45) is 3.98. The molecule has 3 rings (SSSR count). The van der Waals surface area contributed by atoms with E-state index in [1.807, 2.05) is 30.3 Å². The number of rotatable bonds is 3. The molecule has 1 unspecified atom stereocenters. The molecule has 1 aliphatic rings. The van der Waals surface area contributed by atoms with Crippen molar-refractivity contribution < 1.29 is 9.53 Å². The molecule has 0 aliphatic heterocycles. The van der Waals surface area contributed by atoms with E-state index in [1.165, 1.54) is 0 Å². The predicted octanol–water partition coefficient (Wildman–Crippen LogP) is 3.38. The topological polar surface area (TPSA) is 39.2 Å². The molecule has 1 aliphatic carbocycles. The molecule has 0 saturated heterocycles. The van der Waals surface area contributed by atoms with E-state index in [0.717, 1.165) is 53.8 Å². The third kappa shape index (κ3) is 2.31. The number of carbonyl (C=O) groups excluding carboxylic acids is 1. The molecule has 0 fully saturated rings. The average molecular weight is 267 g/mol. The van der Waals surface area contributed by atoms with E-state index in [1.54, 1.807) is 7.11 Å². The van der Waals surface area contributed by atoms with Crippen molar-refractivity contribution in [2.45, 2.75) is 25.2 Å². The number of hydrogen-bond acceptors (Lipinski definition) is 3. The summed E-state index contributed by atoms with van der Waals surface area (Å²) < 4.78 is 5.25. The number of nitrogens with zero attached hydrogens (tertiary/aromatic N) is 1. The van der Waals surface area contributed by atoms with Gasteiger partial charge in [0.15, 0.2) is 0 Å². The number of ether oxygens (including phenoxy) is 1. The second-order valence-electron chi connectivity index (χ2n) is 5.10. The maximum Gasteiger partial charge on any atom is 0.127 e. The molecule has 1 aromatic heterocycles. The Hall–Kier alpha value is -2.16. The van der Waals surface area contributed by atoms with Crippen LogP contribution in [0.5, 0.6) is 5.75 Å². The van der Waals surface area contributed by atoms with E-state index in [-0.39, 0.29) is 5.92 Å². The van der Waals surface area contributed by atoms with Crippen molar-refractivity contribution in [3.63, 3.8) is 0 Å². The largest absolute Gasteiger partial charge is 0.497 e. The van der Waals surface area contributed by atoms with E-state index < -0.39 is 0 Å². The lowest BCUT2D eigenvalue weighted by Gasteiger charge is -2.20. The lowest BCUT2D eigenvalue weighted by atomic mass is 9.86. The highest BCUT2D eigenvalue weighted by Gasteiger charge is 2.21. The van der Waals surface area contributed by atoms with Gasteiger partial charge >= 0.3 is 0 Å². The van der Waals surface area contributed by atoms with Crippen LogP contribution >= 0.6 is 0 Å². The normalized spacial score (nSPS) is 17.4. The Morgan fingerprint density at radius 3 is 3.00 bits per heavy atom. The number of methoxy groups -OCH3 is 1. The van der Waals surface area contributed by atoms with Crippen molar-refractivity contribution >= 4 is 6.29 Å². The van der Waals surface area contributed by atoms with Crippen molar-refractivity contribution in [3.8, 4) is 17.0 Å². The lowest BCUT2D eigenvalue weighted by Crippen LogP contribution is -2.12. The van der Waals surface area contributed by atoms with Gasteiger partial charge in [-0.2, -0.15) is 0 Å². The van der Waals surface area contributed by atoms with Gasteiger partial charge in [0.2, 0.25) is 0 Å². The number of fused-ring (bicyclic) bond motifs is 1. The molecule has 0 bridgehead atoms. The fourth-order valence-corrected chi connectivity index (χ4v) is 2.78. The fourth-order valence-electron chi connectivity index (χ4n) is 2.78. The van der Waals surface area contributed by atoms with E-state index >= 15 is 0 Å². The van der Waals surface area contributed by atoms with Crippen LogP contribution in [0.3, 0.4) is 0 Å². The van der Waals surface area contributed by atoms with Gasteiger partial charge in [-0.3, -0.25) is 4.98 Å². The van der Waals surface area contributed by atoms with Gasteiger partial charge in [-0.1, -0.05) is 18.2 Å². The van der Waals surface area contributed by atoms with Crippen LogP contribution in [-0.4, -0.2) is 18.4 Å². The number of hydrogen-bond donors (Lipinski definition) is 0. The Kier molecular flexibility index (Phi) is 3.50. The van der Waals surface area contributed by atoms with Crippen LogP contribution in [0, 0.1) is 0 Å². The molecule has 1 heterocycles. The Balaban J connectivity index is 2.01. The number of aryl methyl sites for hydroxylation is 1. The third-order valence-corrected chi connectivity index (χ3v) is 3.87. The monoisotopic (exact) mass is 267 g/mol. The number of aromatic nitrogens is 1. The molecular formula is C17H17NO2. The smallest absolute Gasteiger partial charge is 0.127 e. The zero-order valence-electron chi connectivity index (χ0n) is 11.5. The maximum absolute atomic E-state index is 11.1. The molecule has 102 valence electrons. The molecule has 0 saturated carbocycles. The van der Waals surface area contributed by atoms with Crippen LogP contribution in [0.25, 0.3) is 11.3 Å². The van der Waals surface area contributed by atoms with Crippen LogP contribution in [-0.2, 0) is 11.2 Å². The minimum atomic E-state index is 0.0191. The number of aldehydes is 1. The van der Waals surface area contributed by atoms with Gasteiger partial charge in [-0.25, -0.2) is 0 Å². The zero-order chi connectivity index (χ0) is 13.9. The molecule has 0 N–H and O–H groups in total. The minimum absolute atomic E-state index is 0.0191. The van der Waals surface area contributed by atoms with Gasteiger partial charge in [-0.05, 0) is 43.0 Å². The average Bonchev–Trinajstić information content (AvgIpc) is 2.53. The summed E-state index contributed by atoms with van der Waals surface area (Å²) in [4.78, 5) is 15.9. The first-order valence-electron chi connectivity index (χ1n) is 6.91. The Morgan fingerprint density at radius 2 is 2.20 bits per heavy atom. The first-order chi connectivity index (χ1) is 9.81. The molecule has 0 amide bonds.